The number of halogens is 1. The Kier molecular flexibility index (Phi) is 2.45. The molecule has 0 aliphatic heterocycles. The van der Waals surface area contributed by atoms with Gasteiger partial charge in [0.1, 0.15) is 5.75 Å². The smallest absolute Gasteiger partial charge is 0.262 e. The summed E-state index contributed by atoms with van der Waals surface area (Å²) >= 11 is 3.10. The zero-order valence-electron chi connectivity index (χ0n) is 7.27. The predicted molar refractivity (Wildman–Crippen MR) is 51.8 cm³/mol. The molecular weight excluding hydrogens is 250 g/mol. The van der Waals surface area contributed by atoms with Crippen LogP contribution in [-0.2, 0) is 0 Å². The zero-order chi connectivity index (χ0) is 9.97. The minimum absolute atomic E-state index is 0.399. The maximum Gasteiger partial charge on any atom is 0.262 e. The van der Waals surface area contributed by atoms with Crippen molar-refractivity contribution >= 4 is 15.9 Å². The van der Waals surface area contributed by atoms with Crippen molar-refractivity contribution in [2.24, 2.45) is 0 Å². The summed E-state index contributed by atoms with van der Waals surface area (Å²) in [5.41, 5.74) is 0.723. The van der Waals surface area contributed by atoms with Crippen molar-refractivity contribution < 1.29 is 9.26 Å². The number of ether oxygens (including phenoxy) is 1. The van der Waals surface area contributed by atoms with Crippen LogP contribution in [0.3, 0.4) is 0 Å². The molecule has 0 spiro atoms. The molecule has 0 aliphatic carbocycles. The first-order valence-corrected chi connectivity index (χ1v) is 4.58. The van der Waals surface area contributed by atoms with Crippen LogP contribution in [0.2, 0.25) is 0 Å². The monoisotopic (exact) mass is 255 g/mol. The highest BCUT2D eigenvalue weighted by molar-refractivity contribution is 9.10. The molecule has 0 unspecified atom stereocenters. The van der Waals surface area contributed by atoms with Crippen LogP contribution in [0.5, 0.6) is 5.75 Å². The van der Waals surface area contributed by atoms with Crippen molar-refractivity contribution in [3.8, 4) is 17.2 Å². The molecule has 2 aromatic rings. The normalized spacial score (nSPS) is 10.1. The second-order valence-electron chi connectivity index (χ2n) is 2.44. The Morgan fingerprint density at radius 3 is 3.00 bits per heavy atom. The quantitative estimate of drug-likeness (QED) is 0.821. The second-order valence-corrected chi connectivity index (χ2v) is 3.15. The summed E-state index contributed by atoms with van der Waals surface area (Å²) in [5.74, 6) is 1.000. The second kappa shape index (κ2) is 3.75. The molecule has 0 N–H and O–H groups in total. The summed E-state index contributed by atoms with van der Waals surface area (Å²) < 4.78 is 10.5. The van der Waals surface area contributed by atoms with E-state index in [1.54, 1.807) is 25.6 Å². The largest absolute Gasteiger partial charge is 0.494 e. The molecule has 2 heterocycles. The average molecular weight is 256 g/mol. The molecule has 14 heavy (non-hydrogen) atoms. The summed E-state index contributed by atoms with van der Waals surface area (Å²) in [6.07, 6.45) is 3.23. The topological polar surface area (TPSA) is 61.0 Å². The molecule has 0 radical (unpaired) electrons. The number of rotatable bonds is 2. The Balaban J connectivity index is 2.50. The first-order valence-electron chi connectivity index (χ1n) is 3.79. The van der Waals surface area contributed by atoms with Crippen LogP contribution in [0.1, 0.15) is 0 Å². The summed E-state index contributed by atoms with van der Waals surface area (Å²) in [6.45, 7) is 0. The lowest BCUT2D eigenvalue weighted by atomic mass is 10.2. The number of aromatic nitrogens is 3. The van der Waals surface area contributed by atoms with E-state index in [1.807, 2.05) is 0 Å². The van der Waals surface area contributed by atoms with E-state index < -0.39 is 0 Å². The van der Waals surface area contributed by atoms with Crippen molar-refractivity contribution in [1.82, 2.24) is 15.1 Å². The van der Waals surface area contributed by atoms with Crippen molar-refractivity contribution in [3.63, 3.8) is 0 Å². The van der Waals surface area contributed by atoms with Crippen LogP contribution in [-0.4, -0.2) is 22.2 Å². The van der Waals surface area contributed by atoms with Gasteiger partial charge in [0.05, 0.1) is 18.9 Å². The minimum Gasteiger partial charge on any atom is -0.494 e. The van der Waals surface area contributed by atoms with Crippen molar-refractivity contribution in [1.29, 1.82) is 0 Å². The lowest BCUT2D eigenvalue weighted by Gasteiger charge is -2.01. The molecule has 2 rings (SSSR count). The molecule has 0 fully saturated rings. The molecule has 0 saturated heterocycles. The van der Waals surface area contributed by atoms with Gasteiger partial charge < -0.3 is 9.26 Å². The fraction of sp³-hybridized carbons (Fsp3) is 0.125. The lowest BCUT2D eigenvalue weighted by molar-refractivity contribution is 0.402. The van der Waals surface area contributed by atoms with Gasteiger partial charge in [0.25, 0.3) is 5.89 Å². The molecule has 2 aromatic heterocycles. The third kappa shape index (κ3) is 1.60. The number of methoxy groups -OCH3 is 1. The Morgan fingerprint density at radius 1 is 1.50 bits per heavy atom. The molecule has 6 heteroatoms. The summed E-state index contributed by atoms with van der Waals surface area (Å²) in [7, 11) is 1.56. The van der Waals surface area contributed by atoms with Gasteiger partial charge in [-0.15, -0.1) is 0 Å². The van der Waals surface area contributed by atoms with Gasteiger partial charge in [-0.05, 0) is 27.2 Å². The first-order chi connectivity index (χ1) is 6.81. The van der Waals surface area contributed by atoms with Gasteiger partial charge >= 0.3 is 0 Å². The van der Waals surface area contributed by atoms with Gasteiger partial charge in [-0.3, -0.25) is 4.98 Å². The van der Waals surface area contributed by atoms with Gasteiger partial charge in [0.15, 0.2) is 0 Å². The summed E-state index contributed by atoms with van der Waals surface area (Å²) in [6, 6.07) is 1.75. The van der Waals surface area contributed by atoms with E-state index in [9.17, 15) is 0 Å². The van der Waals surface area contributed by atoms with Crippen LogP contribution >= 0.6 is 15.9 Å². The van der Waals surface area contributed by atoms with E-state index in [0.717, 1.165) is 5.56 Å². The molecule has 0 saturated carbocycles. The van der Waals surface area contributed by atoms with Gasteiger partial charge in [-0.1, -0.05) is 0 Å². The van der Waals surface area contributed by atoms with E-state index in [0.29, 0.717) is 16.4 Å². The lowest BCUT2D eigenvalue weighted by Crippen LogP contribution is -1.88. The Labute approximate surface area is 88.2 Å². The van der Waals surface area contributed by atoms with Crippen molar-refractivity contribution in [3.05, 3.63) is 23.2 Å². The van der Waals surface area contributed by atoms with E-state index in [4.69, 9.17) is 9.26 Å². The highest BCUT2D eigenvalue weighted by Crippen LogP contribution is 2.27. The van der Waals surface area contributed by atoms with Gasteiger partial charge in [-0.25, -0.2) is 0 Å². The molecule has 72 valence electrons. The Morgan fingerprint density at radius 2 is 2.36 bits per heavy atom. The van der Waals surface area contributed by atoms with Gasteiger partial charge in [0.2, 0.25) is 4.73 Å². The minimum atomic E-state index is 0.399. The zero-order valence-corrected chi connectivity index (χ0v) is 8.85. The maximum absolute atomic E-state index is 5.10. The molecular formula is C8H6BrN3O2. The third-order valence-corrected chi connectivity index (χ3v) is 1.96. The Hall–Kier alpha value is -1.43. The number of nitrogens with zero attached hydrogens (tertiary/aromatic N) is 3. The van der Waals surface area contributed by atoms with Crippen LogP contribution in [0.25, 0.3) is 11.5 Å². The van der Waals surface area contributed by atoms with Crippen LogP contribution in [0, 0.1) is 0 Å². The van der Waals surface area contributed by atoms with E-state index in [1.165, 1.54) is 0 Å². The number of hydrogen-bond donors (Lipinski definition) is 0. The molecule has 0 aromatic carbocycles. The summed E-state index contributed by atoms with van der Waals surface area (Å²) in [4.78, 5) is 7.94. The van der Waals surface area contributed by atoms with E-state index in [2.05, 4.69) is 31.1 Å². The average Bonchev–Trinajstić information content (AvgIpc) is 2.65. The van der Waals surface area contributed by atoms with Crippen LogP contribution in [0.4, 0.5) is 0 Å². The first kappa shape index (κ1) is 9.14. The third-order valence-electron chi connectivity index (χ3n) is 1.64. The van der Waals surface area contributed by atoms with Crippen molar-refractivity contribution in [2.45, 2.75) is 0 Å². The van der Waals surface area contributed by atoms with Crippen LogP contribution < -0.4 is 4.74 Å². The molecule has 0 aliphatic rings. The molecule has 0 atom stereocenters. The summed E-state index contributed by atoms with van der Waals surface area (Å²) in [5, 5.41) is 3.62. The van der Waals surface area contributed by atoms with Crippen LogP contribution in [0.15, 0.2) is 27.7 Å². The highest BCUT2D eigenvalue weighted by atomic mass is 79.9. The number of hydrogen-bond acceptors (Lipinski definition) is 5. The van der Waals surface area contributed by atoms with E-state index >= 15 is 0 Å². The van der Waals surface area contributed by atoms with Gasteiger partial charge in [0, 0.05) is 6.20 Å². The van der Waals surface area contributed by atoms with Crippen molar-refractivity contribution in [2.75, 3.05) is 7.11 Å². The fourth-order valence-corrected chi connectivity index (χ4v) is 1.27. The Bertz CT molecular complexity index is 444. The fourth-order valence-electron chi connectivity index (χ4n) is 1.03. The number of pyridine rings is 1. The van der Waals surface area contributed by atoms with E-state index in [-0.39, 0.29) is 0 Å². The predicted octanol–water partition coefficient (Wildman–Crippen LogP) is 1.90. The SMILES string of the molecule is COc1cnccc1-c1nc(Br)no1. The van der Waals surface area contributed by atoms with Gasteiger partial charge in [-0.2, -0.15) is 4.98 Å². The molecule has 0 amide bonds. The standard InChI is InChI=1S/C8H6BrN3O2/c1-13-6-4-10-3-2-5(6)7-11-8(9)12-14-7/h2-4H,1H3. The molecule has 5 nitrogen and oxygen atoms in total. The molecule has 0 bridgehead atoms. The highest BCUT2D eigenvalue weighted by Gasteiger charge is 2.11. The maximum atomic E-state index is 5.10.